The van der Waals surface area contributed by atoms with Gasteiger partial charge in [-0.1, -0.05) is 18.2 Å². The second kappa shape index (κ2) is 8.41. The minimum Gasteiger partial charge on any atom is -0.480 e. The standard InChI is InChI=1S/C19H24N4O5/c20-13(10-24)17(25)22-15(18(26)23-7-3-6-16(23)19(27)28)8-11-9-21-14-5-2-1-4-12(11)14/h1-2,4-5,9,13,15-16,21,24H,3,6-8,10,20H2,(H,22,25)(H,27,28)/t13-,15-,16+/m0/s1. The topological polar surface area (TPSA) is 149 Å². The van der Waals surface area contributed by atoms with E-state index in [4.69, 9.17) is 10.8 Å². The van der Waals surface area contributed by atoms with Crippen LogP contribution in [0.15, 0.2) is 30.5 Å². The molecule has 0 aliphatic carbocycles. The zero-order chi connectivity index (χ0) is 20.3. The molecule has 9 nitrogen and oxygen atoms in total. The number of carboxylic acids is 1. The quantitative estimate of drug-likeness (QED) is 0.435. The average Bonchev–Trinajstić information content (AvgIpc) is 3.33. The predicted molar refractivity (Wildman–Crippen MR) is 101 cm³/mol. The minimum absolute atomic E-state index is 0.176. The van der Waals surface area contributed by atoms with E-state index < -0.39 is 42.5 Å². The predicted octanol–water partition coefficient (Wildman–Crippen LogP) is -0.410. The highest BCUT2D eigenvalue weighted by atomic mass is 16.4. The molecule has 150 valence electrons. The van der Waals surface area contributed by atoms with Crippen molar-refractivity contribution in [3.8, 4) is 0 Å². The summed E-state index contributed by atoms with van der Waals surface area (Å²) in [5, 5.41) is 22.0. The van der Waals surface area contributed by atoms with Crippen LogP contribution in [-0.2, 0) is 20.8 Å². The van der Waals surface area contributed by atoms with Gasteiger partial charge in [0.2, 0.25) is 11.8 Å². The van der Waals surface area contributed by atoms with E-state index in [1.165, 1.54) is 4.90 Å². The molecule has 2 amide bonds. The van der Waals surface area contributed by atoms with Crippen molar-refractivity contribution < 1.29 is 24.6 Å². The molecule has 3 rings (SSSR count). The van der Waals surface area contributed by atoms with Crippen LogP contribution in [0.3, 0.4) is 0 Å². The molecule has 2 aromatic rings. The summed E-state index contributed by atoms with van der Waals surface area (Å²) in [6, 6.07) is 4.52. The number of aliphatic hydroxyl groups excluding tert-OH is 1. The number of amides is 2. The number of aromatic nitrogens is 1. The minimum atomic E-state index is -1.16. The second-order valence-electron chi connectivity index (χ2n) is 6.94. The van der Waals surface area contributed by atoms with Gasteiger partial charge in [0.25, 0.3) is 0 Å². The largest absolute Gasteiger partial charge is 0.480 e. The summed E-state index contributed by atoms with van der Waals surface area (Å²) in [4.78, 5) is 41.2. The van der Waals surface area contributed by atoms with Crippen LogP contribution in [0, 0.1) is 0 Å². The molecule has 0 bridgehead atoms. The van der Waals surface area contributed by atoms with Crippen molar-refractivity contribution in [1.29, 1.82) is 0 Å². The Balaban J connectivity index is 1.87. The number of carbonyl (C=O) groups is 3. The number of aromatic amines is 1. The maximum absolute atomic E-state index is 13.1. The van der Waals surface area contributed by atoms with Crippen LogP contribution in [0.4, 0.5) is 0 Å². The molecule has 0 unspecified atom stereocenters. The van der Waals surface area contributed by atoms with Crippen molar-refractivity contribution in [1.82, 2.24) is 15.2 Å². The molecule has 1 aliphatic rings. The van der Waals surface area contributed by atoms with Crippen LogP contribution in [0.1, 0.15) is 18.4 Å². The Hall–Kier alpha value is -2.91. The number of nitrogens with one attached hydrogen (secondary N) is 2. The fraction of sp³-hybridized carbons (Fsp3) is 0.421. The summed E-state index contributed by atoms with van der Waals surface area (Å²) < 4.78 is 0. The van der Waals surface area contributed by atoms with E-state index in [0.717, 1.165) is 16.5 Å². The first-order valence-electron chi connectivity index (χ1n) is 9.17. The molecule has 1 aromatic carbocycles. The number of aliphatic hydroxyl groups is 1. The molecule has 2 heterocycles. The van der Waals surface area contributed by atoms with Gasteiger partial charge in [-0.25, -0.2) is 4.79 Å². The molecule has 28 heavy (non-hydrogen) atoms. The number of benzene rings is 1. The van der Waals surface area contributed by atoms with E-state index in [0.29, 0.717) is 19.4 Å². The van der Waals surface area contributed by atoms with E-state index in [9.17, 15) is 19.5 Å². The van der Waals surface area contributed by atoms with Crippen molar-refractivity contribution in [3.05, 3.63) is 36.0 Å². The van der Waals surface area contributed by atoms with Crippen molar-refractivity contribution in [2.24, 2.45) is 5.73 Å². The third-order valence-electron chi connectivity index (χ3n) is 5.07. The molecule has 1 aliphatic heterocycles. The maximum Gasteiger partial charge on any atom is 0.326 e. The molecule has 1 aromatic heterocycles. The molecule has 3 atom stereocenters. The Morgan fingerprint density at radius 3 is 2.79 bits per heavy atom. The Kier molecular flexibility index (Phi) is 5.96. The number of aliphatic carboxylic acids is 1. The number of likely N-dealkylation sites (tertiary alicyclic amines) is 1. The van der Waals surface area contributed by atoms with Crippen molar-refractivity contribution >= 4 is 28.7 Å². The average molecular weight is 388 g/mol. The van der Waals surface area contributed by atoms with Gasteiger partial charge in [-0.3, -0.25) is 9.59 Å². The fourth-order valence-electron chi connectivity index (χ4n) is 3.57. The summed E-state index contributed by atoms with van der Waals surface area (Å²) >= 11 is 0. The van der Waals surface area contributed by atoms with E-state index in [2.05, 4.69) is 10.3 Å². The summed E-state index contributed by atoms with van der Waals surface area (Å²) in [5.41, 5.74) is 7.28. The Bertz CT molecular complexity index is 880. The van der Waals surface area contributed by atoms with Crippen LogP contribution >= 0.6 is 0 Å². The van der Waals surface area contributed by atoms with Crippen LogP contribution in [-0.4, -0.2) is 69.2 Å². The number of fused-ring (bicyclic) bond motifs is 1. The molecule has 9 heteroatoms. The summed E-state index contributed by atoms with van der Waals surface area (Å²) in [7, 11) is 0. The van der Waals surface area contributed by atoms with Crippen LogP contribution < -0.4 is 11.1 Å². The Labute approximate surface area is 161 Å². The lowest BCUT2D eigenvalue weighted by atomic mass is 10.0. The van der Waals surface area contributed by atoms with Crippen molar-refractivity contribution in [2.45, 2.75) is 37.4 Å². The van der Waals surface area contributed by atoms with Crippen LogP contribution in [0.5, 0.6) is 0 Å². The van der Waals surface area contributed by atoms with Crippen LogP contribution in [0.25, 0.3) is 10.9 Å². The number of nitrogens with two attached hydrogens (primary N) is 1. The number of carbonyl (C=O) groups excluding carboxylic acids is 2. The molecule has 6 N–H and O–H groups in total. The van der Waals surface area contributed by atoms with Gasteiger partial charge in [0.15, 0.2) is 0 Å². The van der Waals surface area contributed by atoms with Gasteiger partial charge in [-0.05, 0) is 24.5 Å². The first kappa shape index (κ1) is 19.8. The van der Waals surface area contributed by atoms with Gasteiger partial charge in [0.1, 0.15) is 18.1 Å². The number of para-hydroxylation sites is 1. The van der Waals surface area contributed by atoms with E-state index in [1.807, 2.05) is 24.3 Å². The summed E-state index contributed by atoms with van der Waals surface area (Å²) in [6.07, 6.45) is 2.91. The molecule has 0 saturated carbocycles. The second-order valence-corrected chi connectivity index (χ2v) is 6.94. The lowest BCUT2D eigenvalue weighted by Crippen LogP contribution is -2.55. The summed E-state index contributed by atoms with van der Waals surface area (Å²) in [5.74, 6) is -2.18. The van der Waals surface area contributed by atoms with Crippen LogP contribution in [0.2, 0.25) is 0 Å². The number of carboxylic acid groups (broad SMARTS) is 1. The van der Waals surface area contributed by atoms with Gasteiger partial charge in [0, 0.05) is 30.1 Å². The lowest BCUT2D eigenvalue weighted by molar-refractivity contribution is -0.149. The third-order valence-corrected chi connectivity index (χ3v) is 5.07. The van der Waals surface area contributed by atoms with Gasteiger partial charge >= 0.3 is 5.97 Å². The molecular formula is C19H24N4O5. The fourth-order valence-corrected chi connectivity index (χ4v) is 3.57. The number of hydrogen-bond acceptors (Lipinski definition) is 5. The van der Waals surface area contributed by atoms with Crippen molar-refractivity contribution in [2.75, 3.05) is 13.2 Å². The molecular weight excluding hydrogens is 364 g/mol. The van der Waals surface area contributed by atoms with Crippen molar-refractivity contribution in [3.63, 3.8) is 0 Å². The number of rotatable bonds is 7. The smallest absolute Gasteiger partial charge is 0.326 e. The van der Waals surface area contributed by atoms with E-state index in [-0.39, 0.29) is 6.42 Å². The van der Waals surface area contributed by atoms with Gasteiger partial charge < -0.3 is 31.1 Å². The molecule has 1 saturated heterocycles. The number of hydrogen-bond donors (Lipinski definition) is 5. The maximum atomic E-state index is 13.1. The summed E-state index contributed by atoms with van der Waals surface area (Å²) in [6.45, 7) is -0.233. The monoisotopic (exact) mass is 388 g/mol. The molecule has 0 spiro atoms. The van der Waals surface area contributed by atoms with E-state index >= 15 is 0 Å². The van der Waals surface area contributed by atoms with E-state index in [1.54, 1.807) is 6.20 Å². The number of H-pyrrole nitrogens is 1. The molecule has 1 fully saturated rings. The van der Waals surface area contributed by atoms with Gasteiger partial charge in [-0.2, -0.15) is 0 Å². The molecule has 0 radical (unpaired) electrons. The number of nitrogens with zero attached hydrogens (tertiary/aromatic N) is 1. The Morgan fingerprint density at radius 1 is 1.32 bits per heavy atom. The first-order chi connectivity index (χ1) is 13.4. The normalized spacial score (nSPS) is 18.8. The highest BCUT2D eigenvalue weighted by Crippen LogP contribution is 2.22. The first-order valence-corrected chi connectivity index (χ1v) is 9.17. The highest BCUT2D eigenvalue weighted by molar-refractivity contribution is 5.93. The Morgan fingerprint density at radius 2 is 2.07 bits per heavy atom. The van der Waals surface area contributed by atoms with Gasteiger partial charge in [0.05, 0.1) is 6.61 Å². The third kappa shape index (κ3) is 4.00. The SMILES string of the molecule is N[C@@H](CO)C(=O)N[C@@H](Cc1c[nH]c2ccccc12)C(=O)N1CCC[C@@H]1C(=O)O. The lowest BCUT2D eigenvalue weighted by Gasteiger charge is -2.28. The zero-order valence-corrected chi connectivity index (χ0v) is 15.3. The highest BCUT2D eigenvalue weighted by Gasteiger charge is 2.38. The van der Waals surface area contributed by atoms with Gasteiger partial charge in [-0.15, -0.1) is 0 Å². The zero-order valence-electron chi connectivity index (χ0n) is 15.3.